The molecule has 2 heterocycles. The number of anilines is 1. The van der Waals surface area contributed by atoms with Gasteiger partial charge in [0.05, 0.1) is 25.0 Å². The number of nitrogen functional groups attached to an aromatic ring is 1. The predicted molar refractivity (Wildman–Crippen MR) is 50.5 cm³/mol. The zero-order valence-corrected chi connectivity index (χ0v) is 7.85. The lowest BCUT2D eigenvalue weighted by Crippen LogP contribution is -2.12. The summed E-state index contributed by atoms with van der Waals surface area (Å²) in [6.45, 7) is 1.94. The first-order valence-corrected chi connectivity index (χ1v) is 4.61. The number of nitrogens with two attached hydrogens (primary N) is 1. The van der Waals surface area contributed by atoms with Gasteiger partial charge in [-0.1, -0.05) is 0 Å². The molecule has 1 aliphatic heterocycles. The van der Waals surface area contributed by atoms with Crippen LogP contribution >= 0.6 is 0 Å². The van der Waals surface area contributed by atoms with Gasteiger partial charge < -0.3 is 15.2 Å². The molecule has 5 nitrogen and oxygen atoms in total. The molecule has 0 spiro atoms. The van der Waals surface area contributed by atoms with Gasteiger partial charge in [0.15, 0.2) is 0 Å². The van der Waals surface area contributed by atoms with Crippen LogP contribution in [0.5, 0.6) is 0 Å². The first kappa shape index (κ1) is 9.36. The summed E-state index contributed by atoms with van der Waals surface area (Å²) in [6, 6.07) is 1.80. The average Bonchev–Trinajstić information content (AvgIpc) is 2.67. The van der Waals surface area contributed by atoms with Gasteiger partial charge in [-0.25, -0.2) is 9.97 Å². The van der Waals surface area contributed by atoms with Gasteiger partial charge in [-0.05, 0) is 12.5 Å². The highest BCUT2D eigenvalue weighted by molar-refractivity contribution is 5.16. The minimum Gasteiger partial charge on any atom is -0.379 e. The Morgan fingerprint density at radius 1 is 1.64 bits per heavy atom. The lowest BCUT2D eigenvalue weighted by Gasteiger charge is -2.08. The van der Waals surface area contributed by atoms with Gasteiger partial charge in [0.25, 0.3) is 0 Å². The third-order valence-corrected chi connectivity index (χ3v) is 2.09. The molecule has 0 amide bonds. The Morgan fingerprint density at radius 3 is 3.29 bits per heavy atom. The van der Waals surface area contributed by atoms with Crippen LogP contribution in [0.25, 0.3) is 0 Å². The Balaban J connectivity index is 1.85. The minimum atomic E-state index is 0.200. The van der Waals surface area contributed by atoms with Crippen molar-refractivity contribution in [3.63, 3.8) is 0 Å². The number of nitrogens with zero attached hydrogens (tertiary/aromatic N) is 2. The molecule has 1 fully saturated rings. The first-order valence-electron chi connectivity index (χ1n) is 4.61. The van der Waals surface area contributed by atoms with E-state index in [-0.39, 0.29) is 12.1 Å². The van der Waals surface area contributed by atoms with Gasteiger partial charge in [-0.2, -0.15) is 0 Å². The molecule has 0 saturated carbocycles. The van der Waals surface area contributed by atoms with Crippen LogP contribution in [0.2, 0.25) is 0 Å². The summed E-state index contributed by atoms with van der Waals surface area (Å²) >= 11 is 0. The second-order valence-electron chi connectivity index (χ2n) is 3.20. The van der Waals surface area contributed by atoms with Crippen molar-refractivity contribution in [1.29, 1.82) is 0 Å². The highest BCUT2D eigenvalue weighted by Crippen LogP contribution is 2.10. The van der Waals surface area contributed by atoms with Crippen LogP contribution in [0.15, 0.2) is 12.3 Å². The van der Waals surface area contributed by atoms with E-state index in [1.807, 2.05) is 0 Å². The first-order chi connectivity index (χ1) is 6.84. The summed E-state index contributed by atoms with van der Waals surface area (Å²) in [7, 11) is 0. The summed E-state index contributed by atoms with van der Waals surface area (Å²) in [4.78, 5) is 7.84. The van der Waals surface area contributed by atoms with E-state index in [1.165, 1.54) is 0 Å². The molecule has 0 aliphatic carbocycles. The Kier molecular flexibility index (Phi) is 2.90. The van der Waals surface area contributed by atoms with E-state index in [1.54, 1.807) is 12.3 Å². The van der Waals surface area contributed by atoms with Gasteiger partial charge in [-0.15, -0.1) is 0 Å². The molecule has 1 unspecified atom stereocenters. The molecule has 1 saturated heterocycles. The summed E-state index contributed by atoms with van der Waals surface area (Å²) in [5.41, 5.74) is 6.25. The highest BCUT2D eigenvalue weighted by atomic mass is 16.5. The van der Waals surface area contributed by atoms with Crippen LogP contribution in [0.4, 0.5) is 5.95 Å². The van der Waals surface area contributed by atoms with E-state index >= 15 is 0 Å². The molecule has 1 aromatic rings. The number of hydrogen-bond acceptors (Lipinski definition) is 5. The monoisotopic (exact) mass is 195 g/mol. The SMILES string of the molecule is Nc1nccc(COC2CCOC2)n1. The maximum atomic E-state index is 5.57. The zero-order chi connectivity index (χ0) is 9.80. The van der Waals surface area contributed by atoms with Crippen molar-refractivity contribution in [3.8, 4) is 0 Å². The molecule has 76 valence electrons. The molecule has 0 radical (unpaired) electrons. The standard InChI is InChI=1S/C9H13N3O2/c10-9-11-3-1-7(12-9)5-14-8-2-4-13-6-8/h1,3,8H,2,4-6H2,(H2,10,11,12). The van der Waals surface area contributed by atoms with Crippen molar-refractivity contribution in [3.05, 3.63) is 18.0 Å². The van der Waals surface area contributed by atoms with Crippen molar-refractivity contribution in [1.82, 2.24) is 9.97 Å². The summed E-state index contributed by atoms with van der Waals surface area (Å²) in [5.74, 6) is 0.286. The van der Waals surface area contributed by atoms with Crippen LogP contribution in [0, 0.1) is 0 Å². The van der Waals surface area contributed by atoms with E-state index < -0.39 is 0 Å². The largest absolute Gasteiger partial charge is 0.379 e. The maximum absolute atomic E-state index is 5.57. The average molecular weight is 195 g/mol. The van der Waals surface area contributed by atoms with Crippen LogP contribution in [0.1, 0.15) is 12.1 Å². The van der Waals surface area contributed by atoms with Crippen molar-refractivity contribution < 1.29 is 9.47 Å². The summed E-state index contributed by atoms with van der Waals surface area (Å²) in [5, 5.41) is 0. The van der Waals surface area contributed by atoms with E-state index in [9.17, 15) is 0 Å². The van der Waals surface area contributed by atoms with Gasteiger partial charge in [-0.3, -0.25) is 0 Å². The number of hydrogen-bond donors (Lipinski definition) is 1. The molecule has 1 atom stereocenters. The van der Waals surface area contributed by atoms with E-state index in [0.717, 1.165) is 18.7 Å². The van der Waals surface area contributed by atoms with Crippen LogP contribution in [-0.2, 0) is 16.1 Å². The second kappa shape index (κ2) is 4.34. The van der Waals surface area contributed by atoms with Crippen molar-refractivity contribution in [2.24, 2.45) is 0 Å². The maximum Gasteiger partial charge on any atom is 0.220 e. The molecule has 2 rings (SSSR count). The topological polar surface area (TPSA) is 70.3 Å². The smallest absolute Gasteiger partial charge is 0.220 e. The molecule has 0 bridgehead atoms. The molecular formula is C9H13N3O2. The lowest BCUT2D eigenvalue weighted by molar-refractivity contribution is 0.0301. The fourth-order valence-electron chi connectivity index (χ4n) is 1.34. The van der Waals surface area contributed by atoms with Gasteiger partial charge in [0, 0.05) is 12.8 Å². The molecule has 0 aromatic carbocycles. The minimum absolute atomic E-state index is 0.200. The number of ether oxygens (including phenoxy) is 2. The van der Waals surface area contributed by atoms with Crippen molar-refractivity contribution in [2.45, 2.75) is 19.1 Å². The third kappa shape index (κ3) is 2.40. The Hall–Kier alpha value is -1.20. The molecule has 1 aromatic heterocycles. The molecular weight excluding hydrogens is 182 g/mol. The highest BCUT2D eigenvalue weighted by Gasteiger charge is 2.15. The molecule has 5 heteroatoms. The summed E-state index contributed by atoms with van der Waals surface area (Å²) in [6.07, 6.45) is 2.79. The van der Waals surface area contributed by atoms with Gasteiger partial charge >= 0.3 is 0 Å². The van der Waals surface area contributed by atoms with Crippen molar-refractivity contribution >= 4 is 5.95 Å². The van der Waals surface area contributed by atoms with Crippen LogP contribution < -0.4 is 5.73 Å². The zero-order valence-electron chi connectivity index (χ0n) is 7.85. The van der Waals surface area contributed by atoms with Crippen LogP contribution in [0.3, 0.4) is 0 Å². The Morgan fingerprint density at radius 2 is 2.57 bits per heavy atom. The molecule has 14 heavy (non-hydrogen) atoms. The van der Waals surface area contributed by atoms with E-state index in [0.29, 0.717) is 13.2 Å². The lowest BCUT2D eigenvalue weighted by atomic mass is 10.3. The summed E-state index contributed by atoms with van der Waals surface area (Å²) < 4.78 is 10.8. The molecule has 2 N–H and O–H groups in total. The van der Waals surface area contributed by atoms with Crippen molar-refractivity contribution in [2.75, 3.05) is 18.9 Å². The fraction of sp³-hybridized carbons (Fsp3) is 0.556. The predicted octanol–water partition coefficient (Wildman–Crippen LogP) is 0.364. The van der Waals surface area contributed by atoms with Gasteiger partial charge in [0.2, 0.25) is 5.95 Å². The Bertz CT molecular complexity index is 300. The molecule has 1 aliphatic rings. The number of rotatable bonds is 3. The van der Waals surface area contributed by atoms with E-state index in [2.05, 4.69) is 9.97 Å². The Labute approximate surface area is 82.3 Å². The fourth-order valence-corrected chi connectivity index (χ4v) is 1.34. The second-order valence-corrected chi connectivity index (χ2v) is 3.20. The van der Waals surface area contributed by atoms with Crippen LogP contribution in [-0.4, -0.2) is 29.3 Å². The quantitative estimate of drug-likeness (QED) is 0.754. The van der Waals surface area contributed by atoms with E-state index in [4.69, 9.17) is 15.2 Å². The third-order valence-electron chi connectivity index (χ3n) is 2.09. The van der Waals surface area contributed by atoms with Gasteiger partial charge in [0.1, 0.15) is 0 Å². The normalized spacial score (nSPS) is 21.3. The number of aromatic nitrogens is 2.